The molecule has 0 spiro atoms. The van der Waals surface area contributed by atoms with Crippen molar-refractivity contribution >= 4 is 23.8 Å². The first-order valence-corrected chi connectivity index (χ1v) is 7.99. The van der Waals surface area contributed by atoms with E-state index < -0.39 is 17.7 Å². The molecule has 26 heavy (non-hydrogen) atoms. The van der Waals surface area contributed by atoms with Crippen LogP contribution in [-0.2, 0) is 20.9 Å². The minimum atomic E-state index is -0.634. The Balaban J connectivity index is 2.00. The number of aromatic nitrogens is 2. The van der Waals surface area contributed by atoms with Gasteiger partial charge in [-0.1, -0.05) is 30.3 Å². The SMILES string of the molecule is CC(=O)N/C(=C\c1ccccc1)C(=O)NNC(=O)Cn1nc(C)cc1C. The summed E-state index contributed by atoms with van der Waals surface area (Å²) in [6, 6.07) is 10.9. The quantitative estimate of drug-likeness (QED) is 0.545. The van der Waals surface area contributed by atoms with Gasteiger partial charge in [0.1, 0.15) is 12.2 Å². The second-order valence-electron chi connectivity index (χ2n) is 5.74. The molecule has 1 aromatic carbocycles. The summed E-state index contributed by atoms with van der Waals surface area (Å²) in [5.74, 6) is -1.46. The average molecular weight is 355 g/mol. The number of nitrogens with zero attached hydrogens (tertiary/aromatic N) is 2. The lowest BCUT2D eigenvalue weighted by Crippen LogP contribution is -2.46. The summed E-state index contributed by atoms with van der Waals surface area (Å²) in [5, 5.41) is 6.64. The lowest BCUT2D eigenvalue weighted by molar-refractivity contribution is -0.128. The molecule has 0 saturated carbocycles. The minimum absolute atomic E-state index is 0.0233. The second-order valence-corrected chi connectivity index (χ2v) is 5.74. The Kier molecular flexibility index (Phi) is 6.26. The highest BCUT2D eigenvalue weighted by Gasteiger charge is 2.13. The predicted octanol–water partition coefficient (Wildman–Crippen LogP) is 0.825. The number of benzene rings is 1. The van der Waals surface area contributed by atoms with Crippen LogP contribution < -0.4 is 16.2 Å². The first-order valence-electron chi connectivity index (χ1n) is 7.99. The molecule has 0 aliphatic heterocycles. The van der Waals surface area contributed by atoms with E-state index in [9.17, 15) is 14.4 Å². The van der Waals surface area contributed by atoms with Gasteiger partial charge in [-0.05, 0) is 31.6 Å². The van der Waals surface area contributed by atoms with Gasteiger partial charge < -0.3 is 5.32 Å². The third kappa shape index (κ3) is 5.59. The Hall–Kier alpha value is -3.42. The van der Waals surface area contributed by atoms with Gasteiger partial charge in [0.2, 0.25) is 5.91 Å². The number of hydrogen-bond acceptors (Lipinski definition) is 4. The summed E-state index contributed by atoms with van der Waals surface area (Å²) >= 11 is 0. The zero-order valence-corrected chi connectivity index (χ0v) is 14.9. The van der Waals surface area contributed by atoms with Crippen LogP contribution in [0.5, 0.6) is 0 Å². The van der Waals surface area contributed by atoms with Crippen molar-refractivity contribution in [2.45, 2.75) is 27.3 Å². The zero-order valence-electron chi connectivity index (χ0n) is 14.9. The van der Waals surface area contributed by atoms with Gasteiger partial charge >= 0.3 is 0 Å². The lowest BCUT2D eigenvalue weighted by atomic mass is 10.2. The van der Waals surface area contributed by atoms with Gasteiger partial charge in [0.05, 0.1) is 5.69 Å². The number of hydrogen-bond donors (Lipinski definition) is 3. The molecule has 0 radical (unpaired) electrons. The van der Waals surface area contributed by atoms with E-state index in [-0.39, 0.29) is 12.2 Å². The van der Waals surface area contributed by atoms with E-state index in [0.717, 1.165) is 17.0 Å². The fourth-order valence-electron chi connectivity index (χ4n) is 2.27. The molecule has 0 unspecified atom stereocenters. The van der Waals surface area contributed by atoms with E-state index >= 15 is 0 Å². The number of hydrazine groups is 1. The van der Waals surface area contributed by atoms with Crippen LogP contribution in [0, 0.1) is 13.8 Å². The summed E-state index contributed by atoms with van der Waals surface area (Å²) in [4.78, 5) is 35.6. The second kappa shape index (κ2) is 8.61. The standard InChI is InChI=1S/C18H21N5O3/c1-12-9-13(2)23(22-12)11-17(25)20-21-18(26)16(19-14(3)24)10-15-7-5-4-6-8-15/h4-10H,11H2,1-3H3,(H,19,24)(H,20,25)(H,21,26)/b16-10-. The van der Waals surface area contributed by atoms with E-state index in [1.165, 1.54) is 17.7 Å². The minimum Gasteiger partial charge on any atom is -0.322 e. The van der Waals surface area contributed by atoms with Gasteiger partial charge in [-0.3, -0.25) is 29.9 Å². The zero-order chi connectivity index (χ0) is 19.1. The first-order chi connectivity index (χ1) is 12.3. The molecule has 3 N–H and O–H groups in total. The van der Waals surface area contributed by atoms with E-state index in [2.05, 4.69) is 21.3 Å². The van der Waals surface area contributed by atoms with Crippen molar-refractivity contribution in [2.75, 3.05) is 0 Å². The Morgan fingerprint density at radius 1 is 1.12 bits per heavy atom. The molecule has 0 fully saturated rings. The van der Waals surface area contributed by atoms with Crippen LogP contribution >= 0.6 is 0 Å². The molecule has 8 nitrogen and oxygen atoms in total. The van der Waals surface area contributed by atoms with Crippen LogP contribution in [0.3, 0.4) is 0 Å². The molecule has 0 saturated heterocycles. The first kappa shape index (κ1) is 18.9. The van der Waals surface area contributed by atoms with Crippen molar-refractivity contribution in [1.29, 1.82) is 0 Å². The summed E-state index contributed by atoms with van der Waals surface area (Å²) in [7, 11) is 0. The summed E-state index contributed by atoms with van der Waals surface area (Å²) in [6.07, 6.45) is 1.52. The van der Waals surface area contributed by atoms with Gasteiger partial charge in [0, 0.05) is 12.6 Å². The third-order valence-corrected chi connectivity index (χ3v) is 3.38. The fraction of sp³-hybridized carbons (Fsp3) is 0.222. The van der Waals surface area contributed by atoms with Gasteiger partial charge in [-0.2, -0.15) is 5.10 Å². The highest BCUT2D eigenvalue weighted by molar-refractivity contribution is 6.01. The maximum Gasteiger partial charge on any atom is 0.286 e. The monoisotopic (exact) mass is 355 g/mol. The highest BCUT2D eigenvalue weighted by Crippen LogP contribution is 2.05. The van der Waals surface area contributed by atoms with Crippen LogP contribution in [-0.4, -0.2) is 27.5 Å². The number of nitrogens with one attached hydrogen (secondary N) is 3. The van der Waals surface area contributed by atoms with Crippen LogP contribution in [0.25, 0.3) is 6.08 Å². The lowest BCUT2D eigenvalue weighted by Gasteiger charge is -2.11. The Morgan fingerprint density at radius 2 is 1.81 bits per heavy atom. The number of aryl methyl sites for hydroxylation is 2. The Bertz CT molecular complexity index is 840. The Labute approximate surface area is 151 Å². The largest absolute Gasteiger partial charge is 0.322 e. The molecule has 3 amide bonds. The van der Waals surface area contributed by atoms with E-state index in [0.29, 0.717) is 0 Å². The van der Waals surface area contributed by atoms with Crippen LogP contribution in [0.4, 0.5) is 0 Å². The van der Waals surface area contributed by atoms with Crippen molar-refractivity contribution in [1.82, 2.24) is 25.9 Å². The molecule has 2 aromatic rings. The summed E-state index contributed by atoms with van der Waals surface area (Å²) in [6.45, 7) is 4.94. The third-order valence-electron chi connectivity index (χ3n) is 3.38. The number of rotatable bonds is 5. The predicted molar refractivity (Wildman–Crippen MR) is 96.2 cm³/mol. The van der Waals surface area contributed by atoms with E-state index in [4.69, 9.17) is 0 Å². The molecule has 0 bridgehead atoms. The molecule has 1 aromatic heterocycles. The molecule has 0 aliphatic carbocycles. The number of amides is 3. The normalized spacial score (nSPS) is 11.0. The summed E-state index contributed by atoms with van der Waals surface area (Å²) in [5.41, 5.74) is 7.01. The van der Waals surface area contributed by atoms with Gasteiger partial charge in [-0.15, -0.1) is 0 Å². The van der Waals surface area contributed by atoms with Crippen LogP contribution in [0.2, 0.25) is 0 Å². The van der Waals surface area contributed by atoms with Crippen molar-refractivity contribution in [2.24, 2.45) is 0 Å². The maximum absolute atomic E-state index is 12.3. The van der Waals surface area contributed by atoms with Crippen molar-refractivity contribution < 1.29 is 14.4 Å². The molecule has 0 aliphatic rings. The van der Waals surface area contributed by atoms with E-state index in [1.54, 1.807) is 12.1 Å². The topological polar surface area (TPSA) is 105 Å². The fourth-order valence-corrected chi connectivity index (χ4v) is 2.27. The molecular weight excluding hydrogens is 334 g/mol. The van der Waals surface area contributed by atoms with Crippen molar-refractivity contribution in [3.63, 3.8) is 0 Å². The molecule has 1 heterocycles. The van der Waals surface area contributed by atoms with Crippen LogP contribution in [0.1, 0.15) is 23.9 Å². The molecule has 8 heteroatoms. The number of carbonyl (C=O) groups is 3. The van der Waals surface area contributed by atoms with Gasteiger partial charge in [0.15, 0.2) is 0 Å². The van der Waals surface area contributed by atoms with Gasteiger partial charge in [-0.25, -0.2) is 0 Å². The van der Waals surface area contributed by atoms with Crippen molar-refractivity contribution in [3.8, 4) is 0 Å². The Morgan fingerprint density at radius 3 is 2.38 bits per heavy atom. The molecular formula is C18H21N5O3. The van der Waals surface area contributed by atoms with E-state index in [1.807, 2.05) is 38.1 Å². The van der Waals surface area contributed by atoms with Crippen LogP contribution in [0.15, 0.2) is 42.1 Å². The molecule has 2 rings (SSSR count). The number of carbonyl (C=O) groups excluding carboxylic acids is 3. The smallest absolute Gasteiger partial charge is 0.286 e. The summed E-state index contributed by atoms with van der Waals surface area (Å²) < 4.78 is 1.53. The molecule has 0 atom stereocenters. The van der Waals surface area contributed by atoms with Crippen molar-refractivity contribution in [3.05, 3.63) is 59.0 Å². The molecule has 136 valence electrons. The highest BCUT2D eigenvalue weighted by atomic mass is 16.2. The maximum atomic E-state index is 12.3. The average Bonchev–Trinajstić information content (AvgIpc) is 2.90. The van der Waals surface area contributed by atoms with Gasteiger partial charge in [0.25, 0.3) is 11.8 Å².